The molecule has 2 saturated heterocycles. The Morgan fingerprint density at radius 2 is 1.80 bits per heavy atom. The summed E-state index contributed by atoms with van der Waals surface area (Å²) in [4.78, 5) is 17.1. The molecule has 1 aromatic heterocycles. The van der Waals surface area contributed by atoms with Crippen LogP contribution >= 0.6 is 0 Å². The number of hydrogen-bond acceptors (Lipinski definition) is 4. The fourth-order valence-electron chi connectivity index (χ4n) is 4.43. The van der Waals surface area contributed by atoms with Crippen LogP contribution in [0.15, 0.2) is 33.5 Å². The monoisotopic (exact) mass is 340 g/mol. The summed E-state index contributed by atoms with van der Waals surface area (Å²) in [6.07, 6.45) is 6.63. The number of rotatable bonds is 3. The molecule has 25 heavy (non-hydrogen) atoms. The molecule has 0 aliphatic carbocycles. The van der Waals surface area contributed by atoms with Crippen molar-refractivity contribution in [2.24, 2.45) is 0 Å². The van der Waals surface area contributed by atoms with Crippen LogP contribution in [0.4, 0.5) is 0 Å². The molecule has 0 N–H and O–H groups in total. The van der Waals surface area contributed by atoms with Gasteiger partial charge in [0.15, 0.2) is 0 Å². The minimum absolute atomic E-state index is 0.240. The minimum atomic E-state index is -0.240. The van der Waals surface area contributed by atoms with Gasteiger partial charge < -0.3 is 9.32 Å². The van der Waals surface area contributed by atoms with Crippen LogP contribution in [-0.2, 0) is 6.54 Å². The Labute approximate surface area is 149 Å². The predicted molar refractivity (Wildman–Crippen MR) is 101 cm³/mol. The standard InChI is InChI=1S/C21H28N2O2/c1-16-5-6-19-17(14-21(24)25-20(19)13-16)15-22-11-7-18(8-12-22)23-9-3-2-4-10-23/h5-6,13-14,18H,2-4,7-12,15H2,1H3. The topological polar surface area (TPSA) is 36.7 Å². The molecule has 0 bridgehead atoms. The van der Waals surface area contributed by atoms with E-state index in [2.05, 4.69) is 21.9 Å². The molecule has 4 nitrogen and oxygen atoms in total. The molecule has 0 radical (unpaired) electrons. The lowest BCUT2D eigenvalue weighted by Gasteiger charge is -2.40. The Balaban J connectivity index is 1.45. The van der Waals surface area contributed by atoms with Crippen LogP contribution in [0, 0.1) is 6.92 Å². The molecule has 0 spiro atoms. The van der Waals surface area contributed by atoms with Crippen molar-refractivity contribution in [1.82, 2.24) is 9.80 Å². The average molecular weight is 340 g/mol. The Hall–Kier alpha value is -1.65. The summed E-state index contributed by atoms with van der Waals surface area (Å²) < 4.78 is 5.39. The van der Waals surface area contributed by atoms with Crippen LogP contribution in [0.5, 0.6) is 0 Å². The van der Waals surface area contributed by atoms with Crippen molar-refractivity contribution >= 4 is 11.0 Å². The van der Waals surface area contributed by atoms with Gasteiger partial charge in [-0.1, -0.05) is 18.6 Å². The van der Waals surface area contributed by atoms with Crippen molar-refractivity contribution in [3.8, 4) is 0 Å². The van der Waals surface area contributed by atoms with E-state index in [1.165, 1.54) is 45.2 Å². The fraction of sp³-hybridized carbons (Fsp3) is 0.571. The second-order valence-electron chi connectivity index (χ2n) is 7.69. The Morgan fingerprint density at radius 3 is 2.56 bits per heavy atom. The molecule has 0 unspecified atom stereocenters. The summed E-state index contributed by atoms with van der Waals surface area (Å²) in [6.45, 7) is 7.68. The van der Waals surface area contributed by atoms with E-state index in [0.29, 0.717) is 5.58 Å². The molecule has 0 atom stereocenters. The molecule has 134 valence electrons. The average Bonchev–Trinajstić information content (AvgIpc) is 2.62. The molecule has 3 heterocycles. The lowest BCUT2D eigenvalue weighted by molar-refractivity contribution is 0.0898. The number of aryl methyl sites for hydroxylation is 1. The van der Waals surface area contributed by atoms with Gasteiger partial charge in [-0.15, -0.1) is 0 Å². The zero-order valence-corrected chi connectivity index (χ0v) is 15.2. The lowest BCUT2D eigenvalue weighted by Crippen LogP contribution is -2.46. The molecule has 2 aliphatic rings. The maximum absolute atomic E-state index is 11.9. The number of likely N-dealkylation sites (tertiary alicyclic amines) is 2. The number of fused-ring (bicyclic) bond motifs is 1. The molecule has 0 saturated carbocycles. The Kier molecular flexibility index (Phi) is 4.91. The quantitative estimate of drug-likeness (QED) is 0.801. The lowest BCUT2D eigenvalue weighted by atomic mass is 9.99. The third-order valence-corrected chi connectivity index (χ3v) is 5.84. The van der Waals surface area contributed by atoms with Crippen LogP contribution in [0.3, 0.4) is 0 Å². The van der Waals surface area contributed by atoms with E-state index in [-0.39, 0.29) is 5.63 Å². The van der Waals surface area contributed by atoms with Gasteiger partial charge in [-0.3, -0.25) is 4.90 Å². The van der Waals surface area contributed by atoms with Gasteiger partial charge in [0.1, 0.15) is 5.58 Å². The SMILES string of the molecule is Cc1ccc2c(CN3CCC(N4CCCCC4)CC3)cc(=O)oc2c1. The van der Waals surface area contributed by atoms with E-state index >= 15 is 0 Å². The highest BCUT2D eigenvalue weighted by molar-refractivity contribution is 5.80. The van der Waals surface area contributed by atoms with Gasteiger partial charge in [0.05, 0.1) is 0 Å². The van der Waals surface area contributed by atoms with Crippen molar-refractivity contribution in [2.45, 2.75) is 51.6 Å². The van der Waals surface area contributed by atoms with Crippen LogP contribution in [0.25, 0.3) is 11.0 Å². The largest absolute Gasteiger partial charge is 0.423 e. The first-order chi connectivity index (χ1) is 12.2. The van der Waals surface area contributed by atoms with Gasteiger partial charge in [-0.25, -0.2) is 4.79 Å². The zero-order valence-electron chi connectivity index (χ0n) is 15.2. The third kappa shape index (κ3) is 3.80. The predicted octanol–water partition coefficient (Wildman–Crippen LogP) is 3.55. The first-order valence-electron chi connectivity index (χ1n) is 9.69. The number of benzene rings is 1. The summed E-state index contributed by atoms with van der Waals surface area (Å²) in [6, 6.07) is 8.58. The number of nitrogens with zero attached hydrogens (tertiary/aromatic N) is 2. The van der Waals surface area contributed by atoms with Crippen molar-refractivity contribution in [3.63, 3.8) is 0 Å². The van der Waals surface area contributed by atoms with E-state index in [4.69, 9.17) is 4.42 Å². The zero-order chi connectivity index (χ0) is 17.2. The molecule has 2 aliphatic heterocycles. The molecule has 2 aromatic rings. The smallest absolute Gasteiger partial charge is 0.336 e. The van der Waals surface area contributed by atoms with E-state index in [0.717, 1.165) is 42.2 Å². The van der Waals surface area contributed by atoms with E-state index in [9.17, 15) is 4.79 Å². The molecule has 2 fully saturated rings. The second-order valence-corrected chi connectivity index (χ2v) is 7.69. The third-order valence-electron chi connectivity index (χ3n) is 5.84. The molecular weight excluding hydrogens is 312 g/mol. The van der Waals surface area contributed by atoms with Gasteiger partial charge in [-0.2, -0.15) is 0 Å². The van der Waals surface area contributed by atoms with Crippen LogP contribution in [0.1, 0.15) is 43.2 Å². The second kappa shape index (κ2) is 7.30. The van der Waals surface area contributed by atoms with Gasteiger partial charge >= 0.3 is 5.63 Å². The van der Waals surface area contributed by atoms with Crippen LogP contribution in [-0.4, -0.2) is 42.0 Å². The van der Waals surface area contributed by atoms with Crippen molar-refractivity contribution in [1.29, 1.82) is 0 Å². The van der Waals surface area contributed by atoms with Crippen LogP contribution < -0.4 is 5.63 Å². The normalized spacial score (nSPS) is 21.0. The van der Waals surface area contributed by atoms with Gasteiger partial charge in [0, 0.05) is 24.0 Å². The molecule has 1 aromatic carbocycles. The summed E-state index contributed by atoms with van der Waals surface area (Å²) in [5, 5.41) is 1.07. The minimum Gasteiger partial charge on any atom is -0.423 e. The molecule has 0 amide bonds. The van der Waals surface area contributed by atoms with E-state index in [1.54, 1.807) is 6.07 Å². The van der Waals surface area contributed by atoms with Crippen LogP contribution in [0.2, 0.25) is 0 Å². The van der Waals surface area contributed by atoms with E-state index in [1.807, 2.05) is 13.0 Å². The highest BCUT2D eigenvalue weighted by Gasteiger charge is 2.25. The van der Waals surface area contributed by atoms with E-state index < -0.39 is 0 Å². The highest BCUT2D eigenvalue weighted by Crippen LogP contribution is 2.24. The maximum atomic E-state index is 11.9. The van der Waals surface area contributed by atoms with Crippen molar-refractivity contribution in [2.75, 3.05) is 26.2 Å². The summed E-state index contributed by atoms with van der Waals surface area (Å²) >= 11 is 0. The van der Waals surface area contributed by atoms with Gasteiger partial charge in [0.25, 0.3) is 0 Å². The Morgan fingerprint density at radius 1 is 1.04 bits per heavy atom. The first kappa shape index (κ1) is 16.8. The van der Waals surface area contributed by atoms with Crippen molar-refractivity contribution in [3.05, 3.63) is 45.8 Å². The number of piperidine rings is 2. The summed E-state index contributed by atoms with van der Waals surface area (Å²) in [7, 11) is 0. The highest BCUT2D eigenvalue weighted by atomic mass is 16.4. The van der Waals surface area contributed by atoms with Gasteiger partial charge in [-0.05, 0) is 76.0 Å². The maximum Gasteiger partial charge on any atom is 0.336 e. The molecule has 4 rings (SSSR count). The van der Waals surface area contributed by atoms with Crippen molar-refractivity contribution < 1.29 is 4.42 Å². The summed E-state index contributed by atoms with van der Waals surface area (Å²) in [5.41, 5.74) is 2.69. The molecule has 4 heteroatoms. The fourth-order valence-corrected chi connectivity index (χ4v) is 4.43. The Bertz CT molecular complexity index is 784. The summed E-state index contributed by atoms with van der Waals surface area (Å²) in [5.74, 6) is 0. The first-order valence-corrected chi connectivity index (χ1v) is 9.69. The van der Waals surface area contributed by atoms with Gasteiger partial charge in [0.2, 0.25) is 0 Å². The molecular formula is C21H28N2O2. The number of hydrogen-bond donors (Lipinski definition) is 0.